The highest BCUT2D eigenvalue weighted by Crippen LogP contribution is 2.13. The van der Waals surface area contributed by atoms with Crippen molar-refractivity contribution in [3.63, 3.8) is 0 Å². The molecular formula is C17H28IN5O2. The zero-order chi connectivity index (χ0) is 17.4. The predicted octanol–water partition coefficient (Wildman–Crippen LogP) is 1.88. The molecule has 0 radical (unpaired) electrons. The summed E-state index contributed by atoms with van der Waals surface area (Å²) >= 11 is 0. The summed E-state index contributed by atoms with van der Waals surface area (Å²) in [5.41, 5.74) is 0.879. The summed E-state index contributed by atoms with van der Waals surface area (Å²) in [5, 5.41) is 6.03. The second-order valence-electron chi connectivity index (χ2n) is 6.05. The number of anilines is 1. The fourth-order valence-corrected chi connectivity index (χ4v) is 2.69. The van der Waals surface area contributed by atoms with Gasteiger partial charge in [-0.05, 0) is 25.5 Å². The molecule has 2 heterocycles. The molecule has 7 nitrogen and oxygen atoms in total. The number of hydrogen-bond acceptors (Lipinski definition) is 4. The second kappa shape index (κ2) is 11.2. The Balaban J connectivity index is 0.00000312. The number of aromatic nitrogens is 1. The molecule has 2 rings (SSSR count). The molecule has 1 saturated heterocycles. The molecule has 1 atom stereocenters. The van der Waals surface area contributed by atoms with Gasteiger partial charge in [0, 0.05) is 51.8 Å². The van der Waals surface area contributed by atoms with E-state index < -0.39 is 0 Å². The van der Waals surface area contributed by atoms with E-state index in [-0.39, 0.29) is 29.9 Å². The molecule has 0 spiro atoms. The maximum Gasteiger partial charge on any atom is 0.227 e. The van der Waals surface area contributed by atoms with E-state index in [1.54, 1.807) is 13.1 Å². The molecule has 0 bridgehead atoms. The number of rotatable bonds is 6. The molecule has 0 saturated carbocycles. The minimum Gasteiger partial charge on any atom is -0.381 e. The third kappa shape index (κ3) is 7.55. The molecule has 0 aromatic carbocycles. The number of halogens is 1. The molecular weight excluding hydrogens is 433 g/mol. The van der Waals surface area contributed by atoms with Gasteiger partial charge in [0.05, 0.1) is 6.61 Å². The Morgan fingerprint density at radius 1 is 1.48 bits per heavy atom. The maximum absolute atomic E-state index is 12.0. The van der Waals surface area contributed by atoms with Gasteiger partial charge in [0.25, 0.3) is 0 Å². The number of amides is 1. The fraction of sp³-hybridized carbons (Fsp3) is 0.588. The van der Waals surface area contributed by atoms with Crippen molar-refractivity contribution in [3.8, 4) is 0 Å². The number of pyridine rings is 1. The van der Waals surface area contributed by atoms with Crippen molar-refractivity contribution in [2.45, 2.75) is 19.8 Å². The Labute approximate surface area is 166 Å². The first-order valence-corrected chi connectivity index (χ1v) is 8.31. The first kappa shape index (κ1) is 21.6. The van der Waals surface area contributed by atoms with Crippen LogP contribution in [0.15, 0.2) is 23.2 Å². The van der Waals surface area contributed by atoms with Crippen LogP contribution in [0.3, 0.4) is 0 Å². The van der Waals surface area contributed by atoms with Gasteiger partial charge in [-0.3, -0.25) is 9.79 Å². The third-order valence-corrected chi connectivity index (χ3v) is 3.92. The first-order valence-electron chi connectivity index (χ1n) is 8.31. The lowest BCUT2D eigenvalue weighted by atomic mass is 10.1. The first-order chi connectivity index (χ1) is 11.6. The zero-order valence-corrected chi connectivity index (χ0v) is 17.4. The molecule has 140 valence electrons. The van der Waals surface area contributed by atoms with Crippen LogP contribution >= 0.6 is 24.0 Å². The quantitative estimate of drug-likeness (QED) is 0.385. The van der Waals surface area contributed by atoms with E-state index in [0.29, 0.717) is 24.7 Å². The SMILES string of the molecule is CN=C(NCCC(=O)Nc1cccc(C)n1)N(C)CC1CCOC1.I. The molecule has 1 aliphatic rings. The largest absolute Gasteiger partial charge is 0.381 e. The number of aliphatic imine (C=N–C) groups is 1. The summed E-state index contributed by atoms with van der Waals surface area (Å²) in [7, 11) is 3.76. The lowest BCUT2D eigenvalue weighted by Gasteiger charge is -2.24. The van der Waals surface area contributed by atoms with Gasteiger partial charge < -0.3 is 20.3 Å². The number of carbonyl (C=O) groups excluding carboxylic acids is 1. The summed E-state index contributed by atoms with van der Waals surface area (Å²) in [6.45, 7) is 4.98. The van der Waals surface area contributed by atoms with Gasteiger partial charge in [-0.25, -0.2) is 4.98 Å². The summed E-state index contributed by atoms with van der Waals surface area (Å²) in [6, 6.07) is 5.56. The van der Waals surface area contributed by atoms with Crippen LogP contribution < -0.4 is 10.6 Å². The van der Waals surface area contributed by atoms with Gasteiger partial charge >= 0.3 is 0 Å². The van der Waals surface area contributed by atoms with Crippen LogP contribution in [0.25, 0.3) is 0 Å². The van der Waals surface area contributed by atoms with E-state index in [1.807, 2.05) is 26.1 Å². The average Bonchev–Trinajstić information content (AvgIpc) is 3.04. The van der Waals surface area contributed by atoms with Crippen molar-refractivity contribution in [2.75, 3.05) is 45.7 Å². The van der Waals surface area contributed by atoms with E-state index >= 15 is 0 Å². The van der Waals surface area contributed by atoms with E-state index in [0.717, 1.165) is 37.8 Å². The normalized spacial score (nSPS) is 16.9. The molecule has 25 heavy (non-hydrogen) atoms. The molecule has 1 aromatic heterocycles. The highest BCUT2D eigenvalue weighted by Gasteiger charge is 2.19. The summed E-state index contributed by atoms with van der Waals surface area (Å²) < 4.78 is 5.40. The average molecular weight is 461 g/mol. The predicted molar refractivity (Wildman–Crippen MR) is 111 cm³/mol. The lowest BCUT2D eigenvalue weighted by molar-refractivity contribution is -0.116. The number of carbonyl (C=O) groups is 1. The van der Waals surface area contributed by atoms with Crippen LogP contribution in [0.2, 0.25) is 0 Å². The molecule has 1 amide bonds. The van der Waals surface area contributed by atoms with Crippen molar-refractivity contribution >= 4 is 41.7 Å². The standard InChI is InChI=1S/C17H27N5O2.HI/c1-13-5-4-6-15(20-13)21-16(23)7-9-19-17(18-2)22(3)11-14-8-10-24-12-14;/h4-6,14H,7-12H2,1-3H3,(H,18,19)(H,20,21,23);1H. The minimum absolute atomic E-state index is 0. The molecule has 1 fully saturated rings. The van der Waals surface area contributed by atoms with Gasteiger partial charge in [0.2, 0.25) is 5.91 Å². The highest BCUT2D eigenvalue weighted by atomic mass is 127. The van der Waals surface area contributed by atoms with Gasteiger partial charge in [0.15, 0.2) is 5.96 Å². The van der Waals surface area contributed by atoms with Crippen molar-refractivity contribution in [3.05, 3.63) is 23.9 Å². The van der Waals surface area contributed by atoms with Crippen molar-refractivity contribution in [1.29, 1.82) is 0 Å². The number of nitrogens with zero attached hydrogens (tertiary/aromatic N) is 3. The summed E-state index contributed by atoms with van der Waals surface area (Å²) in [6.07, 6.45) is 1.45. The minimum atomic E-state index is -0.0668. The van der Waals surface area contributed by atoms with E-state index in [4.69, 9.17) is 4.74 Å². The molecule has 8 heteroatoms. The number of hydrogen-bond donors (Lipinski definition) is 2. The third-order valence-electron chi connectivity index (χ3n) is 3.92. The Kier molecular flexibility index (Phi) is 9.73. The maximum atomic E-state index is 12.0. The molecule has 1 aromatic rings. The number of ether oxygens (including phenoxy) is 1. The van der Waals surface area contributed by atoms with Gasteiger partial charge in [0.1, 0.15) is 5.82 Å². The van der Waals surface area contributed by atoms with Gasteiger partial charge in [-0.15, -0.1) is 24.0 Å². The summed E-state index contributed by atoms with van der Waals surface area (Å²) in [5.74, 6) is 1.86. The Morgan fingerprint density at radius 3 is 2.92 bits per heavy atom. The van der Waals surface area contributed by atoms with Crippen LogP contribution in [0.1, 0.15) is 18.5 Å². The Bertz CT molecular complexity index is 576. The number of nitrogens with one attached hydrogen (secondary N) is 2. The summed E-state index contributed by atoms with van der Waals surface area (Å²) in [4.78, 5) is 22.6. The molecule has 0 aliphatic carbocycles. The van der Waals surface area contributed by atoms with Crippen molar-refractivity contribution < 1.29 is 9.53 Å². The monoisotopic (exact) mass is 461 g/mol. The van der Waals surface area contributed by atoms with E-state index in [2.05, 4.69) is 25.5 Å². The van der Waals surface area contributed by atoms with Crippen LogP contribution in [0.4, 0.5) is 5.82 Å². The van der Waals surface area contributed by atoms with Gasteiger partial charge in [-0.2, -0.15) is 0 Å². The Morgan fingerprint density at radius 2 is 2.28 bits per heavy atom. The van der Waals surface area contributed by atoms with Crippen molar-refractivity contribution in [1.82, 2.24) is 15.2 Å². The van der Waals surface area contributed by atoms with E-state index in [1.165, 1.54) is 0 Å². The number of aryl methyl sites for hydroxylation is 1. The van der Waals surface area contributed by atoms with E-state index in [9.17, 15) is 4.79 Å². The highest BCUT2D eigenvalue weighted by molar-refractivity contribution is 14.0. The second-order valence-corrected chi connectivity index (χ2v) is 6.05. The van der Waals surface area contributed by atoms with Gasteiger partial charge in [-0.1, -0.05) is 6.07 Å². The molecule has 1 unspecified atom stereocenters. The number of guanidine groups is 1. The van der Waals surface area contributed by atoms with Crippen LogP contribution in [0.5, 0.6) is 0 Å². The fourth-order valence-electron chi connectivity index (χ4n) is 2.69. The van der Waals surface area contributed by atoms with Crippen molar-refractivity contribution in [2.24, 2.45) is 10.9 Å². The van der Waals surface area contributed by atoms with Crippen LogP contribution in [0, 0.1) is 12.8 Å². The molecule has 2 N–H and O–H groups in total. The topological polar surface area (TPSA) is 78.8 Å². The van der Waals surface area contributed by atoms with Crippen LogP contribution in [-0.4, -0.2) is 62.1 Å². The van der Waals surface area contributed by atoms with Crippen LogP contribution in [-0.2, 0) is 9.53 Å². The zero-order valence-electron chi connectivity index (χ0n) is 15.1. The Hall–Kier alpha value is -1.42. The molecule has 1 aliphatic heterocycles. The lowest BCUT2D eigenvalue weighted by Crippen LogP contribution is -2.42. The smallest absolute Gasteiger partial charge is 0.227 e.